The van der Waals surface area contributed by atoms with Gasteiger partial charge in [-0.3, -0.25) is 20.4 Å². The zero-order chi connectivity index (χ0) is 17.8. The highest BCUT2D eigenvalue weighted by Gasteiger charge is 2.28. The maximum Gasteiger partial charge on any atom is 0.263 e. The molecule has 1 saturated heterocycles. The average molecular weight is 359 g/mol. The number of aryl methyl sites for hydroxylation is 2. The molecule has 0 aromatic carbocycles. The summed E-state index contributed by atoms with van der Waals surface area (Å²) in [5.74, 6) is 0.226. The van der Waals surface area contributed by atoms with Gasteiger partial charge in [-0.1, -0.05) is 6.07 Å². The van der Waals surface area contributed by atoms with E-state index in [9.17, 15) is 9.59 Å². The number of nitrogens with one attached hydrogen (secondary N) is 2. The summed E-state index contributed by atoms with van der Waals surface area (Å²) in [5.41, 5.74) is 7.13. The van der Waals surface area contributed by atoms with Crippen LogP contribution in [0.15, 0.2) is 23.6 Å². The fraction of sp³-hybridized carbons (Fsp3) is 0.412. The fourth-order valence-electron chi connectivity index (χ4n) is 2.90. The van der Waals surface area contributed by atoms with Gasteiger partial charge in [-0.2, -0.15) is 0 Å². The van der Waals surface area contributed by atoms with E-state index in [1.807, 2.05) is 42.3 Å². The van der Waals surface area contributed by atoms with Gasteiger partial charge in [-0.05, 0) is 44.2 Å². The zero-order valence-corrected chi connectivity index (χ0v) is 15.1. The molecule has 2 aromatic heterocycles. The highest BCUT2D eigenvalue weighted by Crippen LogP contribution is 2.21. The van der Waals surface area contributed by atoms with Crippen LogP contribution in [-0.4, -0.2) is 39.8 Å². The smallest absolute Gasteiger partial charge is 0.263 e. The molecule has 0 saturated carbocycles. The van der Waals surface area contributed by atoms with Crippen molar-refractivity contribution in [3.8, 4) is 0 Å². The molecule has 8 heteroatoms. The Labute approximate surface area is 150 Å². The maximum atomic E-state index is 12.3. The van der Waals surface area contributed by atoms with E-state index >= 15 is 0 Å². The number of piperidine rings is 1. The number of nitrogens with zero attached hydrogens (tertiary/aromatic N) is 3. The fourth-order valence-corrected chi connectivity index (χ4v) is 3.59. The third-order valence-electron chi connectivity index (χ3n) is 4.16. The summed E-state index contributed by atoms with van der Waals surface area (Å²) in [7, 11) is 0. The molecule has 7 nitrogen and oxygen atoms in total. The van der Waals surface area contributed by atoms with Crippen molar-refractivity contribution in [3.05, 3.63) is 39.8 Å². The van der Waals surface area contributed by atoms with Gasteiger partial charge in [0.2, 0.25) is 11.9 Å². The van der Waals surface area contributed by atoms with Crippen LogP contribution >= 0.6 is 11.3 Å². The second kappa shape index (κ2) is 7.60. The third kappa shape index (κ3) is 4.33. The first-order valence-electron chi connectivity index (χ1n) is 8.24. The molecule has 3 rings (SSSR count). The molecule has 1 aliphatic heterocycles. The number of aromatic nitrogens is 2. The van der Waals surface area contributed by atoms with Gasteiger partial charge in [0.05, 0.1) is 4.88 Å². The molecule has 2 amide bonds. The van der Waals surface area contributed by atoms with Gasteiger partial charge in [0, 0.05) is 30.4 Å². The largest absolute Gasteiger partial charge is 0.338 e. The van der Waals surface area contributed by atoms with Crippen molar-refractivity contribution < 1.29 is 9.59 Å². The Morgan fingerprint density at radius 2 is 1.88 bits per heavy atom. The van der Waals surface area contributed by atoms with Crippen LogP contribution in [0.25, 0.3) is 0 Å². The summed E-state index contributed by atoms with van der Waals surface area (Å²) in [6.45, 7) is 4.94. The lowest BCUT2D eigenvalue weighted by Gasteiger charge is -2.31. The van der Waals surface area contributed by atoms with Crippen LogP contribution in [0.2, 0.25) is 0 Å². The van der Waals surface area contributed by atoms with Crippen LogP contribution < -0.4 is 10.9 Å². The first-order chi connectivity index (χ1) is 12.0. The number of thiophene rings is 1. The Hall–Kier alpha value is -2.48. The summed E-state index contributed by atoms with van der Waals surface area (Å²) in [4.78, 5) is 35.6. The molecule has 2 aromatic rings. The lowest BCUT2D eigenvalue weighted by molar-refractivity contribution is -0.125. The number of anilines is 1. The molecule has 0 aliphatic carbocycles. The zero-order valence-electron chi connectivity index (χ0n) is 14.3. The Balaban J connectivity index is 1.49. The van der Waals surface area contributed by atoms with E-state index in [2.05, 4.69) is 20.8 Å². The minimum atomic E-state index is -0.120. The molecule has 0 unspecified atom stereocenters. The minimum absolute atomic E-state index is 0.0515. The van der Waals surface area contributed by atoms with Gasteiger partial charge in [-0.25, -0.2) is 9.97 Å². The summed E-state index contributed by atoms with van der Waals surface area (Å²) in [5, 5.41) is 1.90. The number of likely N-dealkylation sites (tertiary alicyclic amines) is 1. The molecule has 0 bridgehead atoms. The van der Waals surface area contributed by atoms with Gasteiger partial charge >= 0.3 is 0 Å². The molecular formula is C17H21N5O2S. The quantitative estimate of drug-likeness (QED) is 0.817. The second-order valence-corrected chi connectivity index (χ2v) is 7.08. The van der Waals surface area contributed by atoms with E-state index in [0.29, 0.717) is 31.9 Å². The third-order valence-corrected chi connectivity index (χ3v) is 5.02. The molecule has 25 heavy (non-hydrogen) atoms. The molecule has 0 radical (unpaired) electrons. The van der Waals surface area contributed by atoms with Gasteiger partial charge in [0.15, 0.2) is 0 Å². The minimum Gasteiger partial charge on any atom is -0.338 e. The molecule has 1 fully saturated rings. The lowest BCUT2D eigenvalue weighted by Crippen LogP contribution is -2.44. The molecule has 3 heterocycles. The molecule has 0 atom stereocenters. The first-order valence-corrected chi connectivity index (χ1v) is 9.12. The van der Waals surface area contributed by atoms with E-state index in [1.54, 1.807) is 0 Å². The molecule has 132 valence electrons. The van der Waals surface area contributed by atoms with E-state index in [0.717, 1.165) is 16.3 Å². The van der Waals surface area contributed by atoms with Crippen molar-refractivity contribution in [2.45, 2.75) is 26.7 Å². The summed E-state index contributed by atoms with van der Waals surface area (Å²) >= 11 is 1.45. The van der Waals surface area contributed by atoms with Crippen LogP contribution in [-0.2, 0) is 4.79 Å². The van der Waals surface area contributed by atoms with Crippen molar-refractivity contribution in [2.75, 3.05) is 18.5 Å². The van der Waals surface area contributed by atoms with Crippen LogP contribution in [0.1, 0.15) is 33.9 Å². The lowest BCUT2D eigenvalue weighted by atomic mass is 9.96. The molecule has 0 spiro atoms. The number of amides is 2. The number of hydrogen-bond donors (Lipinski definition) is 2. The van der Waals surface area contributed by atoms with E-state index in [-0.39, 0.29) is 17.7 Å². The Bertz CT molecular complexity index is 734. The van der Waals surface area contributed by atoms with E-state index in [1.165, 1.54) is 11.3 Å². The van der Waals surface area contributed by atoms with Gasteiger partial charge < -0.3 is 4.90 Å². The summed E-state index contributed by atoms with van der Waals surface area (Å²) < 4.78 is 0. The predicted molar refractivity (Wildman–Crippen MR) is 96.2 cm³/mol. The van der Waals surface area contributed by atoms with Crippen molar-refractivity contribution in [1.29, 1.82) is 0 Å². The molecule has 2 N–H and O–H groups in total. The van der Waals surface area contributed by atoms with E-state index in [4.69, 9.17) is 0 Å². The van der Waals surface area contributed by atoms with Gasteiger partial charge in [0.25, 0.3) is 5.91 Å². The molecular weight excluding hydrogens is 338 g/mol. The Morgan fingerprint density at radius 3 is 2.48 bits per heavy atom. The molecule has 1 aliphatic rings. The summed E-state index contributed by atoms with van der Waals surface area (Å²) in [6.07, 6.45) is 1.30. The van der Waals surface area contributed by atoms with Crippen molar-refractivity contribution in [3.63, 3.8) is 0 Å². The monoisotopic (exact) mass is 359 g/mol. The maximum absolute atomic E-state index is 12.3. The van der Waals surface area contributed by atoms with E-state index < -0.39 is 0 Å². The van der Waals surface area contributed by atoms with Crippen LogP contribution in [0.4, 0.5) is 5.95 Å². The number of hydrogen-bond acceptors (Lipinski definition) is 6. The normalized spacial score (nSPS) is 15.0. The van der Waals surface area contributed by atoms with Crippen molar-refractivity contribution in [2.24, 2.45) is 5.92 Å². The second-order valence-electron chi connectivity index (χ2n) is 6.13. The van der Waals surface area contributed by atoms with Crippen molar-refractivity contribution in [1.82, 2.24) is 20.3 Å². The number of hydrazine groups is 1. The number of carbonyl (C=O) groups is 2. The van der Waals surface area contributed by atoms with Crippen LogP contribution in [0.3, 0.4) is 0 Å². The summed E-state index contributed by atoms with van der Waals surface area (Å²) in [6, 6.07) is 5.58. The topological polar surface area (TPSA) is 87.2 Å². The van der Waals surface area contributed by atoms with Crippen LogP contribution in [0.5, 0.6) is 0 Å². The van der Waals surface area contributed by atoms with Crippen LogP contribution in [0, 0.1) is 19.8 Å². The number of carbonyl (C=O) groups excluding carboxylic acids is 2. The predicted octanol–water partition coefficient (Wildman–Crippen LogP) is 2.15. The standard InChI is InChI=1S/C17H21N5O2S/c1-11-10-12(2)19-17(18-11)21-20-15(23)13-5-7-22(8-6-13)16(24)14-4-3-9-25-14/h3-4,9-10,13H,5-8H2,1-2H3,(H,20,23)(H,18,19,21). The van der Waals surface area contributed by atoms with Gasteiger partial charge in [-0.15, -0.1) is 11.3 Å². The average Bonchev–Trinajstić information content (AvgIpc) is 3.13. The Kier molecular flexibility index (Phi) is 5.28. The Morgan fingerprint density at radius 1 is 1.20 bits per heavy atom. The highest BCUT2D eigenvalue weighted by molar-refractivity contribution is 7.12. The highest BCUT2D eigenvalue weighted by atomic mass is 32.1. The number of rotatable bonds is 4. The first kappa shape index (κ1) is 17.3. The SMILES string of the molecule is Cc1cc(C)nc(NNC(=O)C2CCN(C(=O)c3cccs3)CC2)n1. The van der Waals surface area contributed by atoms with Gasteiger partial charge in [0.1, 0.15) is 0 Å². The van der Waals surface area contributed by atoms with Crippen molar-refractivity contribution >= 4 is 29.1 Å².